The number of pyridine rings is 1. The Morgan fingerprint density at radius 2 is 2.07 bits per heavy atom. The lowest BCUT2D eigenvalue weighted by Crippen LogP contribution is -1.90. The number of hydrogen-bond donors (Lipinski definition) is 0. The summed E-state index contributed by atoms with van der Waals surface area (Å²) < 4.78 is 15.3. The lowest BCUT2D eigenvalue weighted by molar-refractivity contribution is 0.635. The molecule has 0 saturated heterocycles. The van der Waals surface area contributed by atoms with Gasteiger partial charge in [0.1, 0.15) is 5.52 Å². The van der Waals surface area contributed by atoms with Gasteiger partial charge in [0.15, 0.2) is 5.82 Å². The molecule has 0 radical (unpaired) electrons. The van der Waals surface area contributed by atoms with Crippen molar-refractivity contribution in [3.05, 3.63) is 37.8 Å². The predicted molar refractivity (Wildman–Crippen MR) is 66.9 cm³/mol. The normalized spacial score (nSPS) is 10.9. The highest BCUT2D eigenvalue weighted by Gasteiger charge is 2.07. The largest absolute Gasteiger partial charge is 0.250 e. The lowest BCUT2D eigenvalue weighted by atomic mass is 10.2. The summed E-state index contributed by atoms with van der Waals surface area (Å²) in [5, 5.41) is 0.819. The third-order valence-electron chi connectivity index (χ3n) is 1.91. The van der Waals surface area contributed by atoms with Crippen LogP contribution in [-0.4, -0.2) is 4.98 Å². The maximum absolute atomic E-state index is 13.5. The number of hydrogen-bond acceptors (Lipinski definition) is 1. The van der Waals surface area contributed by atoms with E-state index >= 15 is 0 Å². The summed E-state index contributed by atoms with van der Waals surface area (Å²) in [6, 6.07) is 5.29. The highest BCUT2D eigenvalue weighted by molar-refractivity contribution is 14.1. The molecule has 0 saturated carbocycles. The molecule has 0 bridgehead atoms. The smallest absolute Gasteiger partial charge is 0.150 e. The van der Waals surface area contributed by atoms with E-state index < -0.39 is 0 Å². The van der Waals surface area contributed by atoms with Crippen molar-refractivity contribution in [1.29, 1.82) is 0 Å². The van der Waals surface area contributed by atoms with Gasteiger partial charge >= 0.3 is 0 Å². The first-order chi connectivity index (χ1) is 6.58. The van der Waals surface area contributed by atoms with Crippen LogP contribution in [0.2, 0.25) is 0 Å². The summed E-state index contributed by atoms with van der Waals surface area (Å²) in [4.78, 5) is 4.17. The van der Waals surface area contributed by atoms with Gasteiger partial charge in [0, 0.05) is 19.1 Å². The zero-order valence-corrected chi connectivity index (χ0v) is 11.1. The van der Waals surface area contributed by atoms with E-state index in [9.17, 15) is 4.39 Å². The fraction of sp³-hybridized carbons (Fsp3) is 0.100. The molecule has 2 rings (SSSR count). The van der Waals surface area contributed by atoms with Crippen molar-refractivity contribution in [2.45, 2.75) is 6.92 Å². The van der Waals surface area contributed by atoms with Crippen molar-refractivity contribution in [3.8, 4) is 0 Å². The van der Waals surface area contributed by atoms with E-state index in [-0.39, 0.29) is 5.82 Å². The van der Waals surface area contributed by atoms with Crippen LogP contribution in [0.1, 0.15) is 5.69 Å². The highest BCUT2D eigenvalue weighted by atomic mass is 127. The number of halogens is 3. The molecule has 14 heavy (non-hydrogen) atoms. The van der Waals surface area contributed by atoms with Crippen molar-refractivity contribution < 1.29 is 4.39 Å². The topological polar surface area (TPSA) is 12.9 Å². The van der Waals surface area contributed by atoms with E-state index in [0.29, 0.717) is 5.52 Å². The molecule has 1 heterocycles. The molecule has 1 nitrogen and oxygen atoms in total. The fourth-order valence-electron chi connectivity index (χ4n) is 1.33. The molecule has 1 aromatic heterocycles. The molecule has 0 N–H and O–H groups in total. The average Bonchev–Trinajstić information content (AvgIpc) is 2.07. The molecule has 0 spiro atoms. The number of benzene rings is 1. The first-order valence-electron chi connectivity index (χ1n) is 4.00. The monoisotopic (exact) mass is 365 g/mol. The Hall–Kier alpha value is -0.230. The van der Waals surface area contributed by atoms with Crippen LogP contribution in [0, 0.1) is 16.3 Å². The van der Waals surface area contributed by atoms with Crippen LogP contribution in [0.5, 0.6) is 0 Å². The van der Waals surface area contributed by atoms with Gasteiger partial charge < -0.3 is 0 Å². The second kappa shape index (κ2) is 3.73. The van der Waals surface area contributed by atoms with E-state index in [1.807, 2.05) is 19.1 Å². The molecular formula is C10H6BrFIN. The third kappa shape index (κ3) is 1.77. The van der Waals surface area contributed by atoms with Gasteiger partial charge in [-0.05, 0) is 47.7 Å². The summed E-state index contributed by atoms with van der Waals surface area (Å²) in [6.45, 7) is 1.85. The number of aromatic nitrogens is 1. The van der Waals surface area contributed by atoms with Gasteiger partial charge in [-0.3, -0.25) is 0 Å². The van der Waals surface area contributed by atoms with Crippen LogP contribution in [0.3, 0.4) is 0 Å². The Morgan fingerprint density at radius 1 is 1.36 bits per heavy atom. The molecule has 0 unspecified atom stereocenters. The highest BCUT2D eigenvalue weighted by Crippen LogP contribution is 2.27. The van der Waals surface area contributed by atoms with E-state index in [4.69, 9.17) is 0 Å². The average molecular weight is 366 g/mol. The molecule has 4 heteroatoms. The third-order valence-corrected chi connectivity index (χ3v) is 3.19. The molecule has 72 valence electrons. The Bertz CT molecular complexity index is 466. The second-order valence-corrected chi connectivity index (χ2v) is 5.13. The SMILES string of the molecule is Cc1cc(Br)c2cc(I)cc(F)c2n1. The zero-order chi connectivity index (χ0) is 10.3. The molecule has 0 atom stereocenters. The number of aryl methyl sites for hydroxylation is 1. The van der Waals surface area contributed by atoms with Crippen molar-refractivity contribution in [1.82, 2.24) is 4.98 Å². The summed E-state index contributed by atoms with van der Waals surface area (Å²) in [5.74, 6) is -0.267. The van der Waals surface area contributed by atoms with Crippen molar-refractivity contribution in [2.75, 3.05) is 0 Å². The van der Waals surface area contributed by atoms with E-state index in [2.05, 4.69) is 43.5 Å². The van der Waals surface area contributed by atoms with Gasteiger partial charge in [-0.25, -0.2) is 9.37 Å². The summed E-state index contributed by atoms with van der Waals surface area (Å²) in [6.07, 6.45) is 0. The van der Waals surface area contributed by atoms with Gasteiger partial charge in [-0.2, -0.15) is 0 Å². The minimum absolute atomic E-state index is 0.267. The summed E-state index contributed by atoms with van der Waals surface area (Å²) in [7, 11) is 0. The minimum Gasteiger partial charge on any atom is -0.250 e. The van der Waals surface area contributed by atoms with Gasteiger partial charge in [-0.1, -0.05) is 15.9 Å². The van der Waals surface area contributed by atoms with Crippen molar-refractivity contribution in [2.24, 2.45) is 0 Å². The standard InChI is InChI=1S/C10H6BrFIN/c1-5-2-8(11)7-3-6(13)4-9(12)10(7)14-5/h2-4H,1H3. The maximum Gasteiger partial charge on any atom is 0.150 e. The summed E-state index contributed by atoms with van der Waals surface area (Å²) in [5.41, 5.74) is 1.24. The van der Waals surface area contributed by atoms with E-state index in [1.165, 1.54) is 6.07 Å². The summed E-state index contributed by atoms with van der Waals surface area (Å²) >= 11 is 5.50. The first kappa shape index (κ1) is 10.3. The predicted octanol–water partition coefficient (Wildman–Crippen LogP) is 4.05. The quantitative estimate of drug-likeness (QED) is 0.642. The molecule has 0 aliphatic heterocycles. The van der Waals surface area contributed by atoms with Crippen LogP contribution in [-0.2, 0) is 0 Å². The van der Waals surface area contributed by atoms with Crippen molar-refractivity contribution in [3.63, 3.8) is 0 Å². The van der Waals surface area contributed by atoms with Gasteiger partial charge in [0.2, 0.25) is 0 Å². The number of rotatable bonds is 0. The zero-order valence-electron chi connectivity index (χ0n) is 7.31. The van der Waals surface area contributed by atoms with Crippen LogP contribution < -0.4 is 0 Å². The molecule has 0 aliphatic carbocycles. The molecule has 1 aromatic carbocycles. The van der Waals surface area contributed by atoms with Crippen LogP contribution in [0.15, 0.2) is 22.7 Å². The van der Waals surface area contributed by atoms with Gasteiger partial charge in [0.05, 0.1) is 0 Å². The Kier molecular flexibility index (Phi) is 2.74. The minimum atomic E-state index is -0.267. The van der Waals surface area contributed by atoms with Crippen LogP contribution in [0.4, 0.5) is 4.39 Å². The van der Waals surface area contributed by atoms with E-state index in [0.717, 1.165) is 19.1 Å². The molecule has 0 amide bonds. The Balaban J connectivity index is 2.94. The van der Waals surface area contributed by atoms with E-state index in [1.54, 1.807) is 0 Å². The second-order valence-electron chi connectivity index (χ2n) is 3.03. The van der Waals surface area contributed by atoms with Gasteiger partial charge in [0.25, 0.3) is 0 Å². The molecule has 2 aromatic rings. The maximum atomic E-state index is 13.5. The lowest BCUT2D eigenvalue weighted by Gasteiger charge is -2.04. The fourth-order valence-corrected chi connectivity index (χ4v) is 2.55. The Morgan fingerprint density at radius 3 is 2.79 bits per heavy atom. The van der Waals surface area contributed by atoms with Gasteiger partial charge in [-0.15, -0.1) is 0 Å². The molecular weight excluding hydrogens is 360 g/mol. The molecule has 0 aliphatic rings. The first-order valence-corrected chi connectivity index (χ1v) is 5.87. The van der Waals surface area contributed by atoms with Crippen molar-refractivity contribution >= 4 is 49.4 Å². The molecule has 0 fully saturated rings. The van der Waals surface area contributed by atoms with Crippen LogP contribution in [0.25, 0.3) is 10.9 Å². The Labute approximate surface area is 103 Å². The number of fused-ring (bicyclic) bond motifs is 1. The van der Waals surface area contributed by atoms with Crippen LogP contribution >= 0.6 is 38.5 Å². The number of nitrogens with zero attached hydrogens (tertiary/aromatic N) is 1.